The number of hydrogen-bond donors (Lipinski definition) is 3. The smallest absolute Gasteiger partial charge is 0.330 e. The molecule has 0 bridgehead atoms. The number of aliphatic hydroxyl groups is 2. The molecule has 16 heteroatoms. The molecule has 2 aromatic rings. The second-order valence-corrected chi connectivity index (χ2v) is 12.4. The summed E-state index contributed by atoms with van der Waals surface area (Å²) in [5.41, 5.74) is 0.546. The number of nitrogens with zero attached hydrogens (tertiary/aromatic N) is 1. The zero-order chi connectivity index (χ0) is 39.3. The minimum Gasteiger partial charge on any atom is -0.493 e. The van der Waals surface area contributed by atoms with Crippen molar-refractivity contribution >= 4 is 23.9 Å². The van der Waals surface area contributed by atoms with Gasteiger partial charge < -0.3 is 39.3 Å². The summed E-state index contributed by atoms with van der Waals surface area (Å²) in [5, 5.41) is 32.6. The Kier molecular flexibility index (Phi) is 18.1. The number of halogens is 2. The number of carbonyl (C=O) groups is 3. The number of ether oxygens (including phenoxy) is 4. The largest absolute Gasteiger partial charge is 0.493 e. The number of carbonyl (C=O) groups excluding carboxylic acids is 3. The van der Waals surface area contributed by atoms with Crippen LogP contribution >= 0.6 is 0 Å². The summed E-state index contributed by atoms with van der Waals surface area (Å²) in [6.07, 6.45) is 8.67. The molecule has 294 valence electrons. The number of rotatable bonds is 23. The van der Waals surface area contributed by atoms with E-state index < -0.39 is 60.1 Å². The minimum absolute atomic E-state index is 0.0658. The summed E-state index contributed by atoms with van der Waals surface area (Å²) in [6, 6.07) is 12.8. The third-order valence-electron chi connectivity index (χ3n) is 8.24. The molecule has 0 aromatic heterocycles. The van der Waals surface area contributed by atoms with Crippen molar-refractivity contribution < 1.29 is 62.2 Å². The van der Waals surface area contributed by atoms with Crippen LogP contribution in [0, 0.1) is 22.0 Å². The number of allylic oxidation sites excluding steroid dienone is 2. The first kappa shape index (κ1) is 43.1. The van der Waals surface area contributed by atoms with Crippen molar-refractivity contribution in [2.24, 2.45) is 11.8 Å². The second-order valence-electron chi connectivity index (χ2n) is 12.4. The molecule has 0 spiro atoms. The Morgan fingerprint density at radius 1 is 1.02 bits per heavy atom. The van der Waals surface area contributed by atoms with E-state index in [1.165, 1.54) is 37.5 Å². The van der Waals surface area contributed by atoms with Crippen LogP contribution in [0.5, 0.6) is 17.2 Å². The number of amides is 1. The number of hydrogen-bond acceptors (Lipinski definition) is 12. The summed E-state index contributed by atoms with van der Waals surface area (Å²) >= 11 is 0. The highest BCUT2D eigenvalue weighted by Gasteiger charge is 2.40. The van der Waals surface area contributed by atoms with Gasteiger partial charge in [0.15, 0.2) is 18.1 Å². The molecule has 1 aliphatic carbocycles. The van der Waals surface area contributed by atoms with E-state index in [4.69, 9.17) is 18.9 Å². The van der Waals surface area contributed by atoms with Gasteiger partial charge in [-0.1, -0.05) is 42.5 Å². The van der Waals surface area contributed by atoms with Crippen molar-refractivity contribution in [1.82, 2.24) is 5.32 Å². The molecule has 14 nitrogen and oxygen atoms in total. The van der Waals surface area contributed by atoms with Gasteiger partial charge in [0.2, 0.25) is 5.91 Å². The average molecular weight is 761 g/mol. The van der Waals surface area contributed by atoms with Gasteiger partial charge >= 0.3 is 11.9 Å². The van der Waals surface area contributed by atoms with E-state index in [0.717, 1.165) is 6.08 Å². The number of benzene rings is 2. The average Bonchev–Trinajstić information content (AvgIpc) is 3.42. The zero-order valence-corrected chi connectivity index (χ0v) is 29.9. The molecule has 3 rings (SSSR count). The molecule has 0 saturated heterocycles. The molecule has 0 radical (unpaired) electrons. The first-order chi connectivity index (χ1) is 25.9. The van der Waals surface area contributed by atoms with Crippen molar-refractivity contribution in [3.63, 3.8) is 0 Å². The van der Waals surface area contributed by atoms with Crippen molar-refractivity contribution in [3.8, 4) is 17.2 Å². The molecule has 54 heavy (non-hydrogen) atoms. The lowest BCUT2D eigenvalue weighted by molar-refractivity contribution is -0.757. The van der Waals surface area contributed by atoms with Gasteiger partial charge in [-0.25, -0.2) is 9.59 Å². The number of methoxy groups -OCH3 is 1. The second kappa shape index (κ2) is 22.7. The summed E-state index contributed by atoms with van der Waals surface area (Å²) < 4.78 is 49.7. The Morgan fingerprint density at radius 3 is 2.52 bits per heavy atom. The van der Waals surface area contributed by atoms with Crippen LogP contribution in [-0.4, -0.2) is 84.8 Å². The lowest BCUT2D eigenvalue weighted by Gasteiger charge is -2.20. The van der Waals surface area contributed by atoms with E-state index in [0.29, 0.717) is 43.4 Å². The highest BCUT2D eigenvalue weighted by Crippen LogP contribution is 2.37. The van der Waals surface area contributed by atoms with Gasteiger partial charge in [-0.15, -0.1) is 10.1 Å². The molecular weight excluding hydrogens is 714 g/mol. The third-order valence-corrected chi connectivity index (χ3v) is 8.24. The normalized spacial score (nSPS) is 18.5. The molecule has 1 amide bonds. The molecule has 0 aliphatic heterocycles. The van der Waals surface area contributed by atoms with Gasteiger partial charge in [0.25, 0.3) is 11.0 Å². The zero-order valence-electron chi connectivity index (χ0n) is 29.9. The van der Waals surface area contributed by atoms with Crippen molar-refractivity contribution in [3.05, 3.63) is 94.6 Å². The summed E-state index contributed by atoms with van der Waals surface area (Å²) in [4.78, 5) is 50.9. The molecule has 1 aliphatic rings. The third kappa shape index (κ3) is 16.1. The molecular formula is C38H46F2N2O12. The van der Waals surface area contributed by atoms with Crippen LogP contribution in [0.4, 0.5) is 8.78 Å². The van der Waals surface area contributed by atoms with Crippen LogP contribution in [0.15, 0.2) is 78.9 Å². The first-order valence-electron chi connectivity index (χ1n) is 17.4. The molecule has 1 saturated carbocycles. The fourth-order valence-corrected chi connectivity index (χ4v) is 5.47. The Bertz CT molecular complexity index is 1600. The van der Waals surface area contributed by atoms with Gasteiger partial charge in [0.1, 0.15) is 12.3 Å². The maximum absolute atomic E-state index is 14.5. The van der Waals surface area contributed by atoms with Crippen LogP contribution in [-0.2, 0) is 24.0 Å². The predicted molar refractivity (Wildman–Crippen MR) is 191 cm³/mol. The lowest BCUT2D eigenvalue weighted by Crippen LogP contribution is -2.31. The van der Waals surface area contributed by atoms with Crippen molar-refractivity contribution in [2.75, 3.05) is 33.5 Å². The molecule has 3 N–H and O–H groups in total. The fourth-order valence-electron chi connectivity index (χ4n) is 5.47. The van der Waals surface area contributed by atoms with Gasteiger partial charge in [0.05, 0.1) is 32.5 Å². The summed E-state index contributed by atoms with van der Waals surface area (Å²) in [6.45, 7) is -1.27. The molecule has 1 fully saturated rings. The minimum atomic E-state index is -3.27. The number of unbranched alkanes of at least 4 members (excludes halogenated alkanes) is 2. The molecule has 0 unspecified atom stereocenters. The highest BCUT2D eigenvalue weighted by molar-refractivity contribution is 5.87. The molecule has 0 heterocycles. The summed E-state index contributed by atoms with van der Waals surface area (Å²) in [5.74, 6) is -5.51. The van der Waals surface area contributed by atoms with Crippen LogP contribution in [0.2, 0.25) is 0 Å². The molecule has 4 atom stereocenters. The van der Waals surface area contributed by atoms with Crippen LogP contribution in [0.1, 0.15) is 50.5 Å². The predicted octanol–water partition coefficient (Wildman–Crippen LogP) is 5.01. The number of alkyl halides is 2. The van der Waals surface area contributed by atoms with Crippen LogP contribution in [0.25, 0.3) is 6.08 Å². The summed E-state index contributed by atoms with van der Waals surface area (Å²) in [7, 11) is 1.37. The Hall–Kier alpha value is -5.35. The standard InChI is InChI=1S/C38H46F2N2O12/c1-50-34-23-27(16-18-36(46)51-21-9-10-22-53-42(48)49)15-17-33(34)54-37(47)25-41-35(45)14-8-3-2-7-13-29-30(32(44)24-31(29)43)19-20-38(39,40)26-52-28-11-5-4-6-12-28/h2,4-7,11-12,15-20,23,29-32,43-44H,3,8-10,13-14,21-22,24-26H2,1H3,(H,41,45)/b7-2-,18-16+,20-19+/t29-,30-,31+,32-/m1/s1. The first-order valence-corrected chi connectivity index (χ1v) is 17.4. The number of para-hydroxylation sites is 1. The topological polar surface area (TPSA) is 193 Å². The van der Waals surface area contributed by atoms with Gasteiger partial charge in [-0.3, -0.25) is 4.79 Å². The fraction of sp³-hybridized carbons (Fsp3) is 0.447. The Balaban J connectivity index is 1.34. The maximum Gasteiger partial charge on any atom is 0.330 e. The van der Waals surface area contributed by atoms with E-state index in [1.54, 1.807) is 42.5 Å². The maximum atomic E-state index is 14.5. The van der Waals surface area contributed by atoms with Gasteiger partial charge in [-0.05, 0) is 80.0 Å². The van der Waals surface area contributed by atoms with Crippen LogP contribution < -0.4 is 19.5 Å². The number of aliphatic hydroxyl groups excluding tert-OH is 2. The van der Waals surface area contributed by atoms with Crippen molar-refractivity contribution in [2.45, 2.75) is 63.1 Å². The van der Waals surface area contributed by atoms with E-state index >= 15 is 0 Å². The van der Waals surface area contributed by atoms with Crippen LogP contribution in [0.3, 0.4) is 0 Å². The van der Waals surface area contributed by atoms with Gasteiger partial charge in [-0.2, -0.15) is 8.78 Å². The van der Waals surface area contributed by atoms with E-state index in [1.807, 2.05) is 6.08 Å². The highest BCUT2D eigenvalue weighted by atomic mass is 19.3. The monoisotopic (exact) mass is 760 g/mol. The quantitative estimate of drug-likeness (QED) is 0.0261. The SMILES string of the molecule is COc1cc(/C=C/C(=O)OCCCCO[N+](=O)[O-])ccc1OC(=O)CNC(=O)CCC/C=C\C[C@@H]1[C@@H](/C=C/C(F)(F)COc2ccccc2)[C@H](O)C[C@@H]1O. The Morgan fingerprint density at radius 2 is 1.78 bits per heavy atom. The van der Waals surface area contributed by atoms with E-state index in [2.05, 4.69) is 10.2 Å². The van der Waals surface area contributed by atoms with Gasteiger partial charge in [0, 0.05) is 24.8 Å². The molecule has 2 aromatic carbocycles. The number of nitrogens with one attached hydrogen (secondary N) is 1. The number of esters is 2. The lowest BCUT2D eigenvalue weighted by atomic mass is 9.89. The van der Waals surface area contributed by atoms with E-state index in [-0.39, 0.29) is 43.5 Å². The Labute approximate surface area is 311 Å². The van der Waals surface area contributed by atoms with E-state index in [9.17, 15) is 43.5 Å². The van der Waals surface area contributed by atoms with Crippen molar-refractivity contribution in [1.29, 1.82) is 0 Å².